The van der Waals surface area contributed by atoms with Crippen molar-refractivity contribution in [2.45, 2.75) is 0 Å². The minimum atomic E-state index is -1.25. The number of carboxylic acid groups (broad SMARTS) is 1. The van der Waals surface area contributed by atoms with Gasteiger partial charge in [0.2, 0.25) is 0 Å². The van der Waals surface area contributed by atoms with Crippen LogP contribution in [0, 0.1) is 5.82 Å². The van der Waals surface area contributed by atoms with Crippen molar-refractivity contribution in [2.24, 2.45) is 0 Å². The van der Waals surface area contributed by atoms with Crippen molar-refractivity contribution in [2.75, 3.05) is 0 Å². The number of rotatable bonds is 3. The van der Waals surface area contributed by atoms with Crippen molar-refractivity contribution in [1.29, 1.82) is 0 Å². The van der Waals surface area contributed by atoms with E-state index < -0.39 is 17.8 Å². The first-order chi connectivity index (χ1) is 8.58. The Morgan fingerprint density at radius 2 is 1.94 bits per heavy atom. The van der Waals surface area contributed by atoms with E-state index in [4.69, 9.17) is 9.84 Å². The maximum atomic E-state index is 12.6. The first kappa shape index (κ1) is 12.2. The van der Waals surface area contributed by atoms with Gasteiger partial charge in [-0.2, -0.15) is 0 Å². The number of hydrogen-bond acceptors (Lipinski definition) is 5. The van der Waals surface area contributed by atoms with Crippen LogP contribution in [0.2, 0.25) is 0 Å². The molecule has 0 aliphatic heterocycles. The average Bonchev–Trinajstić information content (AvgIpc) is 2.81. The Hall–Kier alpha value is -2.28. The number of hydrogen-bond donors (Lipinski definition) is 1. The molecular weight excluding hydrogens is 261 g/mol. The topological polar surface area (TPSA) is 76.5 Å². The van der Waals surface area contributed by atoms with E-state index in [1.807, 2.05) is 0 Å². The summed E-state index contributed by atoms with van der Waals surface area (Å²) in [6.45, 7) is 0. The number of carbonyl (C=O) groups excluding carboxylic acids is 1. The second kappa shape index (κ2) is 4.92. The summed E-state index contributed by atoms with van der Waals surface area (Å²) in [5.41, 5.74) is 0.974. The predicted molar refractivity (Wildman–Crippen MR) is 60.4 cm³/mol. The standard InChI is InChI=1S/C11H6FNO4S/c12-6-1-3-7(4-2-6)17-11(16)8-9(10(14)15)18-5-13-8/h1-5H,(H,14,15). The quantitative estimate of drug-likeness (QED) is 0.681. The van der Waals surface area contributed by atoms with Crippen molar-refractivity contribution in [1.82, 2.24) is 4.98 Å². The SMILES string of the molecule is O=C(Oc1ccc(F)cc1)c1ncsc1C(=O)O. The number of halogens is 1. The highest BCUT2D eigenvalue weighted by Gasteiger charge is 2.21. The zero-order valence-corrected chi connectivity index (χ0v) is 9.61. The van der Waals surface area contributed by atoms with Crippen LogP contribution >= 0.6 is 11.3 Å². The molecule has 0 aliphatic rings. The van der Waals surface area contributed by atoms with Crippen LogP contribution < -0.4 is 4.74 Å². The summed E-state index contributed by atoms with van der Waals surface area (Å²) in [7, 11) is 0. The molecule has 1 N–H and O–H groups in total. The third-order valence-electron chi connectivity index (χ3n) is 1.98. The second-order valence-electron chi connectivity index (χ2n) is 3.18. The van der Waals surface area contributed by atoms with E-state index in [-0.39, 0.29) is 16.3 Å². The van der Waals surface area contributed by atoms with E-state index in [1.54, 1.807) is 0 Å². The van der Waals surface area contributed by atoms with Crippen LogP contribution in [0.3, 0.4) is 0 Å². The first-order valence-corrected chi connectivity index (χ1v) is 5.60. The largest absolute Gasteiger partial charge is 0.477 e. The zero-order chi connectivity index (χ0) is 13.1. The molecule has 0 aliphatic carbocycles. The number of thiazole rings is 1. The molecule has 0 amide bonds. The van der Waals surface area contributed by atoms with Crippen LogP contribution in [0.4, 0.5) is 4.39 Å². The third kappa shape index (κ3) is 2.51. The maximum Gasteiger partial charge on any atom is 0.364 e. The number of nitrogens with zero attached hydrogens (tertiary/aromatic N) is 1. The van der Waals surface area contributed by atoms with E-state index in [1.165, 1.54) is 17.6 Å². The Labute approximate surface area is 104 Å². The molecule has 18 heavy (non-hydrogen) atoms. The van der Waals surface area contributed by atoms with Gasteiger partial charge in [0.15, 0.2) is 5.69 Å². The number of carbonyl (C=O) groups is 2. The normalized spacial score (nSPS) is 10.1. The first-order valence-electron chi connectivity index (χ1n) is 4.72. The Morgan fingerprint density at radius 3 is 2.56 bits per heavy atom. The summed E-state index contributed by atoms with van der Waals surface area (Å²) >= 11 is 0.828. The molecule has 1 aromatic carbocycles. The Balaban J connectivity index is 2.19. The fourth-order valence-corrected chi connectivity index (χ4v) is 1.81. The average molecular weight is 267 g/mol. The molecule has 0 spiro atoms. The summed E-state index contributed by atoms with van der Waals surface area (Å²) in [6.07, 6.45) is 0. The van der Waals surface area contributed by atoms with Gasteiger partial charge in [-0.05, 0) is 24.3 Å². The molecule has 0 bridgehead atoms. The highest BCUT2D eigenvalue weighted by atomic mass is 32.1. The van der Waals surface area contributed by atoms with Crippen LogP contribution in [-0.4, -0.2) is 22.0 Å². The molecule has 0 radical (unpaired) electrons. The van der Waals surface area contributed by atoms with E-state index in [0.717, 1.165) is 23.5 Å². The number of ether oxygens (including phenoxy) is 1. The van der Waals surface area contributed by atoms with Crippen LogP contribution in [0.5, 0.6) is 5.75 Å². The molecule has 2 rings (SSSR count). The fraction of sp³-hybridized carbons (Fsp3) is 0. The highest BCUT2D eigenvalue weighted by molar-refractivity contribution is 7.12. The summed E-state index contributed by atoms with van der Waals surface area (Å²) in [4.78, 5) is 25.9. The van der Waals surface area contributed by atoms with Crippen molar-refractivity contribution < 1.29 is 23.8 Å². The lowest BCUT2D eigenvalue weighted by molar-refractivity contribution is 0.0670. The molecule has 1 aromatic heterocycles. The van der Waals surface area contributed by atoms with Gasteiger partial charge >= 0.3 is 11.9 Å². The minimum absolute atomic E-state index is 0.116. The molecular formula is C11H6FNO4S. The molecule has 2 aromatic rings. The zero-order valence-electron chi connectivity index (χ0n) is 8.79. The molecule has 5 nitrogen and oxygen atoms in total. The van der Waals surface area contributed by atoms with Crippen molar-refractivity contribution >= 4 is 23.3 Å². The number of carboxylic acids is 1. The van der Waals surface area contributed by atoms with Gasteiger partial charge < -0.3 is 9.84 Å². The smallest absolute Gasteiger partial charge is 0.364 e. The summed E-state index contributed by atoms with van der Waals surface area (Å²) < 4.78 is 17.5. The van der Waals surface area contributed by atoms with Gasteiger partial charge in [-0.3, -0.25) is 0 Å². The van der Waals surface area contributed by atoms with Gasteiger partial charge in [0, 0.05) is 0 Å². The van der Waals surface area contributed by atoms with Crippen LogP contribution in [0.25, 0.3) is 0 Å². The van der Waals surface area contributed by atoms with Crippen LogP contribution in [0.15, 0.2) is 29.8 Å². The third-order valence-corrected chi connectivity index (χ3v) is 2.79. The van der Waals surface area contributed by atoms with E-state index in [2.05, 4.69) is 4.98 Å². The number of esters is 1. The van der Waals surface area contributed by atoms with Gasteiger partial charge in [-0.25, -0.2) is 19.0 Å². The molecule has 0 saturated heterocycles. The number of benzene rings is 1. The fourth-order valence-electron chi connectivity index (χ4n) is 1.20. The Bertz CT molecular complexity index is 593. The lowest BCUT2D eigenvalue weighted by atomic mass is 10.3. The highest BCUT2D eigenvalue weighted by Crippen LogP contribution is 2.17. The summed E-state index contributed by atoms with van der Waals surface area (Å²) in [5, 5.41) is 8.82. The lowest BCUT2D eigenvalue weighted by Crippen LogP contribution is -2.13. The van der Waals surface area contributed by atoms with Crippen LogP contribution in [0.1, 0.15) is 20.2 Å². The van der Waals surface area contributed by atoms with Gasteiger partial charge in [-0.15, -0.1) is 11.3 Å². The predicted octanol–water partition coefficient (Wildman–Crippen LogP) is 2.20. The Kier molecular flexibility index (Phi) is 3.33. The molecule has 0 fully saturated rings. The van der Waals surface area contributed by atoms with E-state index in [0.29, 0.717) is 0 Å². The molecule has 0 atom stereocenters. The number of aromatic carboxylic acids is 1. The molecule has 1 heterocycles. The van der Waals surface area contributed by atoms with E-state index in [9.17, 15) is 14.0 Å². The lowest BCUT2D eigenvalue weighted by Gasteiger charge is -2.02. The van der Waals surface area contributed by atoms with Crippen molar-refractivity contribution in [3.63, 3.8) is 0 Å². The van der Waals surface area contributed by atoms with Gasteiger partial charge in [0.05, 0.1) is 5.51 Å². The number of aromatic nitrogens is 1. The molecule has 0 saturated carbocycles. The van der Waals surface area contributed by atoms with Gasteiger partial charge in [-0.1, -0.05) is 0 Å². The molecule has 7 heteroatoms. The monoisotopic (exact) mass is 267 g/mol. The summed E-state index contributed by atoms with van der Waals surface area (Å²) in [6, 6.07) is 4.78. The minimum Gasteiger partial charge on any atom is -0.477 e. The van der Waals surface area contributed by atoms with E-state index >= 15 is 0 Å². The second-order valence-corrected chi connectivity index (χ2v) is 4.03. The molecule has 0 unspecified atom stereocenters. The van der Waals surface area contributed by atoms with Crippen molar-refractivity contribution in [3.05, 3.63) is 46.2 Å². The van der Waals surface area contributed by atoms with Crippen molar-refractivity contribution in [3.8, 4) is 5.75 Å². The van der Waals surface area contributed by atoms with Gasteiger partial charge in [0.25, 0.3) is 0 Å². The van der Waals surface area contributed by atoms with Gasteiger partial charge in [0.1, 0.15) is 16.4 Å². The molecule has 92 valence electrons. The summed E-state index contributed by atoms with van der Waals surface area (Å²) in [5.74, 6) is -2.48. The maximum absolute atomic E-state index is 12.6. The van der Waals surface area contributed by atoms with Crippen LogP contribution in [-0.2, 0) is 0 Å². The Morgan fingerprint density at radius 1 is 1.28 bits per heavy atom.